The summed E-state index contributed by atoms with van der Waals surface area (Å²) in [7, 11) is 1.76. The smallest absolute Gasteiger partial charge is 0.256 e. The molecule has 0 aliphatic carbocycles. The molecule has 0 radical (unpaired) electrons. The fraction of sp³-hybridized carbons (Fsp3) is 0.294. The van der Waals surface area contributed by atoms with E-state index in [1.807, 2.05) is 24.3 Å². The maximum Gasteiger partial charge on any atom is 0.256 e. The highest BCUT2D eigenvalue weighted by molar-refractivity contribution is 5.96. The molecule has 3 aromatic rings. The second-order valence-electron chi connectivity index (χ2n) is 5.93. The first-order valence-corrected chi connectivity index (χ1v) is 7.84. The number of fused-ring (bicyclic) bond motifs is 2. The van der Waals surface area contributed by atoms with Gasteiger partial charge in [0.25, 0.3) is 5.91 Å². The van der Waals surface area contributed by atoms with Crippen LogP contribution in [0.25, 0.3) is 11.2 Å². The Morgan fingerprint density at radius 1 is 1.38 bits per heavy atom. The summed E-state index contributed by atoms with van der Waals surface area (Å²) in [6.07, 6.45) is 2.32. The minimum absolute atomic E-state index is 0.108. The number of nitrogens with zero attached hydrogens (tertiary/aromatic N) is 5. The number of amides is 1. The van der Waals surface area contributed by atoms with Gasteiger partial charge in [-0.05, 0) is 23.6 Å². The average molecular weight is 323 g/mol. The number of aliphatic hydroxyl groups is 1. The fourth-order valence-electron chi connectivity index (χ4n) is 3.30. The molecule has 1 atom stereocenters. The first-order valence-electron chi connectivity index (χ1n) is 7.84. The molecule has 122 valence electrons. The third kappa shape index (κ3) is 2.25. The van der Waals surface area contributed by atoms with E-state index in [-0.39, 0.29) is 18.6 Å². The van der Waals surface area contributed by atoms with Crippen molar-refractivity contribution in [3.8, 4) is 0 Å². The predicted molar refractivity (Wildman–Crippen MR) is 87.3 cm³/mol. The van der Waals surface area contributed by atoms with Gasteiger partial charge in [0.2, 0.25) is 0 Å². The molecule has 0 spiro atoms. The number of hydrogen-bond donors (Lipinski definition) is 1. The predicted octanol–water partition coefficient (Wildman–Crippen LogP) is 1.10. The van der Waals surface area contributed by atoms with E-state index in [0.29, 0.717) is 23.3 Å². The van der Waals surface area contributed by atoms with Gasteiger partial charge in [-0.2, -0.15) is 0 Å². The SMILES string of the molecule is Cn1nnc2cc(C(=O)N3CCc4ccccc4[C@H]3CO)cnc21. The number of aryl methyl sites for hydroxylation is 1. The summed E-state index contributed by atoms with van der Waals surface area (Å²) in [5.74, 6) is -0.149. The molecule has 0 saturated carbocycles. The van der Waals surface area contributed by atoms with Gasteiger partial charge in [-0.25, -0.2) is 9.67 Å². The number of aliphatic hydroxyl groups excluding tert-OH is 1. The van der Waals surface area contributed by atoms with Crippen LogP contribution in [0, 0.1) is 0 Å². The van der Waals surface area contributed by atoms with Crippen LogP contribution in [0.3, 0.4) is 0 Å². The van der Waals surface area contributed by atoms with Crippen molar-refractivity contribution < 1.29 is 9.90 Å². The van der Waals surface area contributed by atoms with E-state index in [4.69, 9.17) is 0 Å². The molecule has 7 heteroatoms. The lowest BCUT2D eigenvalue weighted by molar-refractivity contribution is 0.0568. The summed E-state index contributed by atoms with van der Waals surface area (Å²) in [5, 5.41) is 17.8. The minimum Gasteiger partial charge on any atom is -0.394 e. The number of carbonyl (C=O) groups excluding carboxylic acids is 1. The van der Waals surface area contributed by atoms with Crippen LogP contribution < -0.4 is 0 Å². The molecule has 4 rings (SSSR count). The number of pyridine rings is 1. The van der Waals surface area contributed by atoms with Crippen LogP contribution in [-0.2, 0) is 13.5 Å². The molecule has 1 amide bonds. The fourth-order valence-corrected chi connectivity index (χ4v) is 3.30. The van der Waals surface area contributed by atoms with Gasteiger partial charge in [-0.1, -0.05) is 29.5 Å². The third-order valence-corrected chi connectivity index (χ3v) is 4.53. The van der Waals surface area contributed by atoms with Crippen LogP contribution in [0.5, 0.6) is 0 Å². The van der Waals surface area contributed by atoms with Crippen molar-refractivity contribution in [1.29, 1.82) is 0 Å². The number of hydrogen-bond acceptors (Lipinski definition) is 5. The van der Waals surface area contributed by atoms with E-state index in [1.54, 1.807) is 28.9 Å². The first-order chi connectivity index (χ1) is 11.7. The number of rotatable bonds is 2. The number of carbonyl (C=O) groups is 1. The maximum absolute atomic E-state index is 12.9. The summed E-state index contributed by atoms with van der Waals surface area (Å²) < 4.78 is 1.57. The van der Waals surface area contributed by atoms with Gasteiger partial charge in [0.05, 0.1) is 18.2 Å². The molecule has 1 aliphatic rings. The number of benzene rings is 1. The van der Waals surface area contributed by atoms with Crippen molar-refractivity contribution in [1.82, 2.24) is 24.9 Å². The molecular weight excluding hydrogens is 306 g/mol. The topological polar surface area (TPSA) is 84.1 Å². The van der Waals surface area contributed by atoms with Crippen molar-refractivity contribution in [2.45, 2.75) is 12.5 Å². The highest BCUT2D eigenvalue weighted by Crippen LogP contribution is 2.30. The van der Waals surface area contributed by atoms with Gasteiger partial charge in [0, 0.05) is 19.8 Å². The zero-order valence-corrected chi connectivity index (χ0v) is 13.3. The van der Waals surface area contributed by atoms with Crippen LogP contribution in [0.1, 0.15) is 27.5 Å². The highest BCUT2D eigenvalue weighted by Gasteiger charge is 2.31. The molecule has 0 bridgehead atoms. The van der Waals surface area contributed by atoms with Gasteiger partial charge < -0.3 is 10.0 Å². The van der Waals surface area contributed by atoms with Gasteiger partial charge in [-0.3, -0.25) is 4.79 Å². The van der Waals surface area contributed by atoms with Gasteiger partial charge in [0.15, 0.2) is 5.65 Å². The lowest BCUT2D eigenvalue weighted by atomic mass is 9.92. The zero-order valence-electron chi connectivity index (χ0n) is 13.3. The number of aromatic nitrogens is 4. The molecule has 2 aromatic heterocycles. The Bertz CT molecular complexity index is 920. The van der Waals surface area contributed by atoms with E-state index < -0.39 is 0 Å². The minimum atomic E-state index is -0.333. The van der Waals surface area contributed by atoms with Crippen molar-refractivity contribution >= 4 is 17.1 Å². The zero-order chi connectivity index (χ0) is 16.7. The monoisotopic (exact) mass is 323 g/mol. The highest BCUT2D eigenvalue weighted by atomic mass is 16.3. The van der Waals surface area contributed by atoms with E-state index in [9.17, 15) is 9.90 Å². The maximum atomic E-state index is 12.9. The summed E-state index contributed by atoms with van der Waals surface area (Å²) >= 11 is 0. The van der Waals surface area contributed by atoms with Crippen molar-refractivity contribution in [2.24, 2.45) is 7.05 Å². The largest absolute Gasteiger partial charge is 0.394 e. The molecule has 1 aromatic carbocycles. The normalized spacial score (nSPS) is 17.1. The second-order valence-corrected chi connectivity index (χ2v) is 5.93. The molecular formula is C17H17N5O2. The Morgan fingerprint density at radius 2 is 2.21 bits per heavy atom. The Balaban J connectivity index is 1.70. The molecule has 0 unspecified atom stereocenters. The molecule has 0 saturated heterocycles. The average Bonchev–Trinajstić information content (AvgIpc) is 3.00. The van der Waals surface area contributed by atoms with Crippen molar-refractivity contribution in [3.05, 3.63) is 53.2 Å². The van der Waals surface area contributed by atoms with E-state index >= 15 is 0 Å². The van der Waals surface area contributed by atoms with Gasteiger partial charge in [0.1, 0.15) is 5.52 Å². The molecule has 0 fully saturated rings. The van der Waals surface area contributed by atoms with Crippen LogP contribution >= 0.6 is 0 Å². The first kappa shape index (κ1) is 14.8. The quantitative estimate of drug-likeness (QED) is 0.763. The molecule has 3 heterocycles. The summed E-state index contributed by atoms with van der Waals surface area (Å²) in [5.41, 5.74) is 3.87. The molecule has 7 nitrogen and oxygen atoms in total. The Hall–Kier alpha value is -2.80. The van der Waals surface area contributed by atoms with Crippen molar-refractivity contribution in [2.75, 3.05) is 13.2 Å². The van der Waals surface area contributed by atoms with Gasteiger partial charge >= 0.3 is 0 Å². The van der Waals surface area contributed by atoms with Gasteiger partial charge in [-0.15, -0.1) is 5.10 Å². The second kappa shape index (κ2) is 5.68. The van der Waals surface area contributed by atoms with E-state index in [2.05, 4.69) is 15.3 Å². The lowest BCUT2D eigenvalue weighted by Crippen LogP contribution is -2.41. The third-order valence-electron chi connectivity index (χ3n) is 4.53. The van der Waals surface area contributed by atoms with Crippen molar-refractivity contribution in [3.63, 3.8) is 0 Å². The standard InChI is InChI=1S/C17H17N5O2/c1-21-16-14(19-20-21)8-12(9-18-16)17(24)22-7-6-11-4-2-3-5-13(11)15(22)10-23/h2-5,8-9,15,23H,6-7,10H2,1H3/t15-/m1/s1. The summed E-state index contributed by atoms with van der Waals surface area (Å²) in [4.78, 5) is 18.9. The lowest BCUT2D eigenvalue weighted by Gasteiger charge is -2.36. The van der Waals surface area contributed by atoms with E-state index in [0.717, 1.165) is 12.0 Å². The van der Waals surface area contributed by atoms with Crippen LogP contribution in [0.2, 0.25) is 0 Å². The molecule has 1 N–H and O–H groups in total. The molecule has 24 heavy (non-hydrogen) atoms. The molecule has 1 aliphatic heterocycles. The Labute approximate surface area is 138 Å². The van der Waals surface area contributed by atoms with E-state index in [1.165, 1.54) is 5.56 Å². The summed E-state index contributed by atoms with van der Waals surface area (Å²) in [6, 6.07) is 9.30. The van der Waals surface area contributed by atoms with Crippen LogP contribution in [-0.4, -0.2) is 49.0 Å². The summed E-state index contributed by atoms with van der Waals surface area (Å²) in [6.45, 7) is 0.461. The van der Waals surface area contributed by atoms with Crippen LogP contribution in [0.15, 0.2) is 36.5 Å². The van der Waals surface area contributed by atoms with Crippen LogP contribution in [0.4, 0.5) is 0 Å². The Morgan fingerprint density at radius 3 is 3.04 bits per heavy atom. The Kier molecular flexibility index (Phi) is 3.50.